The topological polar surface area (TPSA) is 63.3 Å². The van der Waals surface area contributed by atoms with Crippen molar-refractivity contribution in [3.63, 3.8) is 0 Å². The SMILES string of the molecule is Cc1noc(C)c1C(C(=O)O)C(C)C. The van der Waals surface area contributed by atoms with E-state index in [1.165, 1.54) is 0 Å². The summed E-state index contributed by atoms with van der Waals surface area (Å²) in [7, 11) is 0. The molecule has 1 N–H and O–H groups in total. The Labute approximate surface area is 82.9 Å². The molecule has 0 aliphatic heterocycles. The van der Waals surface area contributed by atoms with Crippen LogP contribution in [0.2, 0.25) is 0 Å². The van der Waals surface area contributed by atoms with Crippen LogP contribution in [0.3, 0.4) is 0 Å². The van der Waals surface area contributed by atoms with Gasteiger partial charge in [-0.25, -0.2) is 0 Å². The molecule has 0 amide bonds. The molecule has 0 aliphatic carbocycles. The molecule has 0 aromatic carbocycles. The molecule has 1 rings (SSSR count). The van der Waals surface area contributed by atoms with Gasteiger partial charge in [-0.15, -0.1) is 0 Å². The molecule has 0 bridgehead atoms. The van der Waals surface area contributed by atoms with Crippen molar-refractivity contribution in [2.75, 3.05) is 0 Å². The summed E-state index contributed by atoms with van der Waals surface area (Å²) in [6.07, 6.45) is 0. The molecule has 4 heteroatoms. The van der Waals surface area contributed by atoms with Gasteiger partial charge < -0.3 is 9.63 Å². The molecule has 0 fully saturated rings. The summed E-state index contributed by atoms with van der Waals surface area (Å²) in [5, 5.41) is 12.9. The number of carbonyl (C=O) groups is 1. The Balaban J connectivity index is 3.17. The normalized spacial score (nSPS) is 13.2. The first kappa shape index (κ1) is 10.8. The number of carboxylic acids is 1. The van der Waals surface area contributed by atoms with E-state index in [0.29, 0.717) is 17.0 Å². The highest BCUT2D eigenvalue weighted by atomic mass is 16.5. The molecule has 14 heavy (non-hydrogen) atoms. The van der Waals surface area contributed by atoms with Crippen molar-refractivity contribution in [1.29, 1.82) is 0 Å². The van der Waals surface area contributed by atoms with Gasteiger partial charge in [0.25, 0.3) is 0 Å². The summed E-state index contributed by atoms with van der Waals surface area (Å²) in [5.74, 6) is -0.719. The number of aromatic nitrogens is 1. The van der Waals surface area contributed by atoms with Crippen molar-refractivity contribution in [1.82, 2.24) is 5.16 Å². The third-order valence-electron chi connectivity index (χ3n) is 2.33. The fourth-order valence-electron chi connectivity index (χ4n) is 1.68. The number of hydrogen-bond donors (Lipinski definition) is 1. The van der Waals surface area contributed by atoms with Crippen LogP contribution in [0.1, 0.15) is 36.8 Å². The first-order valence-electron chi connectivity index (χ1n) is 4.60. The quantitative estimate of drug-likeness (QED) is 0.806. The fourth-order valence-corrected chi connectivity index (χ4v) is 1.68. The molecule has 1 heterocycles. The minimum absolute atomic E-state index is 0.0318. The van der Waals surface area contributed by atoms with Crippen LogP contribution in [0, 0.1) is 19.8 Å². The second-order valence-electron chi connectivity index (χ2n) is 3.80. The molecule has 1 unspecified atom stereocenters. The monoisotopic (exact) mass is 197 g/mol. The van der Waals surface area contributed by atoms with E-state index < -0.39 is 11.9 Å². The number of aliphatic carboxylic acids is 1. The van der Waals surface area contributed by atoms with E-state index in [1.807, 2.05) is 13.8 Å². The zero-order valence-corrected chi connectivity index (χ0v) is 8.87. The van der Waals surface area contributed by atoms with Crippen molar-refractivity contribution < 1.29 is 14.4 Å². The van der Waals surface area contributed by atoms with E-state index in [0.717, 1.165) is 0 Å². The summed E-state index contributed by atoms with van der Waals surface area (Å²) < 4.78 is 4.96. The summed E-state index contributed by atoms with van der Waals surface area (Å²) in [5.41, 5.74) is 1.39. The van der Waals surface area contributed by atoms with Crippen molar-refractivity contribution >= 4 is 5.97 Å². The predicted molar refractivity (Wildman–Crippen MR) is 51.2 cm³/mol. The van der Waals surface area contributed by atoms with Crippen LogP contribution >= 0.6 is 0 Å². The molecular weight excluding hydrogens is 182 g/mol. The Kier molecular flexibility index (Phi) is 2.93. The summed E-state index contributed by atoms with van der Waals surface area (Å²) >= 11 is 0. The number of rotatable bonds is 3. The van der Waals surface area contributed by atoms with Crippen molar-refractivity contribution in [3.8, 4) is 0 Å². The van der Waals surface area contributed by atoms with Crippen LogP contribution in [0.5, 0.6) is 0 Å². The second kappa shape index (κ2) is 3.82. The Bertz CT molecular complexity index is 322. The minimum Gasteiger partial charge on any atom is -0.481 e. The molecule has 0 radical (unpaired) electrons. The molecule has 0 spiro atoms. The average Bonchev–Trinajstić information content (AvgIpc) is 2.34. The van der Waals surface area contributed by atoms with Gasteiger partial charge in [-0.3, -0.25) is 4.79 Å². The molecule has 0 saturated heterocycles. The Morgan fingerprint density at radius 1 is 1.43 bits per heavy atom. The summed E-state index contributed by atoms with van der Waals surface area (Å²) in [6, 6.07) is 0. The first-order chi connectivity index (χ1) is 6.45. The third-order valence-corrected chi connectivity index (χ3v) is 2.33. The van der Waals surface area contributed by atoms with Gasteiger partial charge in [0.05, 0.1) is 11.6 Å². The molecule has 1 aromatic rings. The molecule has 4 nitrogen and oxygen atoms in total. The zero-order valence-electron chi connectivity index (χ0n) is 8.87. The molecule has 78 valence electrons. The molecular formula is C10H15NO3. The number of nitrogens with zero attached hydrogens (tertiary/aromatic N) is 1. The van der Waals surface area contributed by atoms with E-state index in [9.17, 15) is 4.79 Å². The van der Waals surface area contributed by atoms with Crippen molar-refractivity contribution in [3.05, 3.63) is 17.0 Å². The largest absolute Gasteiger partial charge is 0.481 e. The molecule has 0 saturated carbocycles. The molecule has 1 atom stereocenters. The number of aryl methyl sites for hydroxylation is 2. The second-order valence-corrected chi connectivity index (χ2v) is 3.80. The average molecular weight is 197 g/mol. The van der Waals surface area contributed by atoms with Crippen LogP contribution in [0.15, 0.2) is 4.52 Å². The highest BCUT2D eigenvalue weighted by molar-refractivity contribution is 5.77. The number of carboxylic acid groups (broad SMARTS) is 1. The van der Waals surface area contributed by atoms with Gasteiger partial charge in [-0.05, 0) is 19.8 Å². The van der Waals surface area contributed by atoms with Crippen LogP contribution in [0.4, 0.5) is 0 Å². The van der Waals surface area contributed by atoms with Crippen molar-refractivity contribution in [2.45, 2.75) is 33.6 Å². The van der Waals surface area contributed by atoms with E-state index >= 15 is 0 Å². The maximum Gasteiger partial charge on any atom is 0.311 e. The lowest BCUT2D eigenvalue weighted by Crippen LogP contribution is -2.18. The molecule has 1 aromatic heterocycles. The highest BCUT2D eigenvalue weighted by Crippen LogP contribution is 2.29. The lowest BCUT2D eigenvalue weighted by atomic mass is 9.87. The predicted octanol–water partition coefficient (Wildman–Crippen LogP) is 2.12. The number of hydrogen-bond acceptors (Lipinski definition) is 3. The molecule has 0 aliphatic rings. The Hall–Kier alpha value is -1.32. The van der Waals surface area contributed by atoms with Crippen molar-refractivity contribution in [2.24, 2.45) is 5.92 Å². The maximum atomic E-state index is 11.1. The van der Waals surface area contributed by atoms with Crippen LogP contribution < -0.4 is 0 Å². The fraction of sp³-hybridized carbons (Fsp3) is 0.600. The van der Waals surface area contributed by atoms with E-state index in [4.69, 9.17) is 9.63 Å². The lowest BCUT2D eigenvalue weighted by Gasteiger charge is -2.15. The van der Waals surface area contributed by atoms with Gasteiger partial charge in [0.2, 0.25) is 0 Å². The Morgan fingerprint density at radius 3 is 2.29 bits per heavy atom. The summed E-state index contributed by atoms with van der Waals surface area (Å²) in [6.45, 7) is 7.27. The van der Waals surface area contributed by atoms with Crippen LogP contribution in [0.25, 0.3) is 0 Å². The Morgan fingerprint density at radius 2 is 2.00 bits per heavy atom. The standard InChI is InChI=1S/C10H15NO3/c1-5(2)8(10(12)13)9-6(3)11-14-7(9)4/h5,8H,1-4H3,(H,12,13). The van der Waals surface area contributed by atoms with E-state index in [-0.39, 0.29) is 5.92 Å². The van der Waals surface area contributed by atoms with Crippen LogP contribution in [-0.2, 0) is 4.79 Å². The van der Waals surface area contributed by atoms with E-state index in [2.05, 4.69) is 5.16 Å². The van der Waals surface area contributed by atoms with Gasteiger partial charge in [0.1, 0.15) is 5.76 Å². The lowest BCUT2D eigenvalue weighted by molar-refractivity contribution is -0.139. The minimum atomic E-state index is -0.825. The smallest absolute Gasteiger partial charge is 0.311 e. The van der Waals surface area contributed by atoms with E-state index in [1.54, 1.807) is 13.8 Å². The zero-order chi connectivity index (χ0) is 10.9. The maximum absolute atomic E-state index is 11.1. The van der Waals surface area contributed by atoms with Gasteiger partial charge in [-0.1, -0.05) is 19.0 Å². The van der Waals surface area contributed by atoms with Gasteiger partial charge >= 0.3 is 5.97 Å². The first-order valence-corrected chi connectivity index (χ1v) is 4.60. The highest BCUT2D eigenvalue weighted by Gasteiger charge is 2.29. The van der Waals surface area contributed by atoms with Crippen LogP contribution in [-0.4, -0.2) is 16.2 Å². The van der Waals surface area contributed by atoms with Gasteiger partial charge in [0.15, 0.2) is 0 Å². The third kappa shape index (κ3) is 1.78. The van der Waals surface area contributed by atoms with Gasteiger partial charge in [0, 0.05) is 5.56 Å². The summed E-state index contributed by atoms with van der Waals surface area (Å²) in [4.78, 5) is 11.1. The van der Waals surface area contributed by atoms with Gasteiger partial charge in [-0.2, -0.15) is 0 Å².